The molecule has 0 radical (unpaired) electrons. The van der Waals surface area contributed by atoms with Crippen LogP contribution in [0.4, 0.5) is 10.2 Å². The second kappa shape index (κ2) is 7.05. The Morgan fingerprint density at radius 1 is 1.23 bits per heavy atom. The van der Waals surface area contributed by atoms with Gasteiger partial charge in [-0.05, 0) is 35.4 Å². The summed E-state index contributed by atoms with van der Waals surface area (Å²) in [5, 5.41) is 6.83. The Kier molecular flexibility index (Phi) is 4.34. The lowest BCUT2D eigenvalue weighted by molar-refractivity contribution is -0.120. The van der Waals surface area contributed by atoms with Crippen molar-refractivity contribution in [3.63, 3.8) is 0 Å². The quantitative estimate of drug-likeness (QED) is 0.723. The number of nitrogens with zero attached hydrogens (tertiary/aromatic N) is 4. The monoisotopic (exact) mass is 405 g/mol. The van der Waals surface area contributed by atoms with Crippen LogP contribution in [0.25, 0.3) is 0 Å². The van der Waals surface area contributed by atoms with E-state index < -0.39 is 17.8 Å². The number of carbonyl (C=O) groups is 2. The lowest BCUT2D eigenvalue weighted by atomic mass is 10.1. The lowest BCUT2D eigenvalue weighted by Gasteiger charge is -2.22. The van der Waals surface area contributed by atoms with E-state index >= 15 is 0 Å². The van der Waals surface area contributed by atoms with Crippen LogP contribution in [0.5, 0.6) is 0 Å². The van der Waals surface area contributed by atoms with E-state index in [9.17, 15) is 14.0 Å². The second-order valence-electron chi connectivity index (χ2n) is 7.78. The van der Waals surface area contributed by atoms with Gasteiger partial charge in [0.2, 0.25) is 0 Å². The Labute approximate surface area is 172 Å². The van der Waals surface area contributed by atoms with Crippen LogP contribution in [0.2, 0.25) is 0 Å². The molecule has 5 rings (SSSR count). The molecule has 1 saturated carbocycles. The molecule has 1 aliphatic heterocycles. The third kappa shape index (κ3) is 3.14. The average Bonchev–Trinajstić information content (AvgIpc) is 3.47. The molecule has 30 heavy (non-hydrogen) atoms. The van der Waals surface area contributed by atoms with E-state index in [-0.39, 0.29) is 23.4 Å². The van der Waals surface area contributed by atoms with Crippen LogP contribution in [0.15, 0.2) is 54.9 Å². The number of hydrogen-bond donors (Lipinski definition) is 1. The van der Waals surface area contributed by atoms with E-state index in [4.69, 9.17) is 0 Å². The molecule has 2 aromatic heterocycles. The maximum absolute atomic E-state index is 14.4. The molecule has 7 nitrogen and oxygen atoms in total. The summed E-state index contributed by atoms with van der Waals surface area (Å²) < 4.78 is 15.8. The number of nitrogens with one attached hydrogen (secondary N) is 1. The van der Waals surface area contributed by atoms with Crippen LogP contribution < -0.4 is 10.2 Å². The van der Waals surface area contributed by atoms with Gasteiger partial charge in [0.25, 0.3) is 11.8 Å². The van der Waals surface area contributed by atoms with Crippen LogP contribution in [0, 0.1) is 11.7 Å². The number of benzene rings is 1. The number of likely N-dealkylation sites (N-methyl/N-ethyl adjacent to an activating group) is 1. The summed E-state index contributed by atoms with van der Waals surface area (Å²) in [6.07, 6.45) is 3.63. The van der Waals surface area contributed by atoms with Crippen molar-refractivity contribution in [2.75, 3.05) is 11.9 Å². The van der Waals surface area contributed by atoms with Crippen molar-refractivity contribution in [2.45, 2.75) is 24.9 Å². The first-order valence-corrected chi connectivity index (χ1v) is 9.83. The van der Waals surface area contributed by atoms with E-state index in [1.165, 1.54) is 15.8 Å². The average molecular weight is 405 g/mol. The normalized spacial score (nSPS) is 22.1. The predicted molar refractivity (Wildman–Crippen MR) is 107 cm³/mol. The van der Waals surface area contributed by atoms with E-state index in [0.29, 0.717) is 12.4 Å². The molecule has 1 aromatic carbocycles. The summed E-state index contributed by atoms with van der Waals surface area (Å²) in [6, 6.07) is 12.5. The minimum Gasteiger partial charge on any atom is -0.338 e. The molecule has 0 spiro atoms. The van der Waals surface area contributed by atoms with Crippen molar-refractivity contribution < 1.29 is 14.0 Å². The predicted octanol–water partition coefficient (Wildman–Crippen LogP) is 2.34. The smallest absolute Gasteiger partial charge is 0.275 e. The number of aromatic nitrogens is 3. The van der Waals surface area contributed by atoms with Gasteiger partial charge < -0.3 is 5.32 Å². The largest absolute Gasteiger partial charge is 0.338 e. The molecule has 1 aliphatic carbocycles. The van der Waals surface area contributed by atoms with E-state index in [1.54, 1.807) is 13.2 Å². The van der Waals surface area contributed by atoms with Gasteiger partial charge in [0, 0.05) is 13.2 Å². The second-order valence-corrected chi connectivity index (χ2v) is 7.78. The van der Waals surface area contributed by atoms with Crippen molar-refractivity contribution >= 4 is 17.6 Å². The van der Waals surface area contributed by atoms with Crippen molar-refractivity contribution in [3.8, 4) is 0 Å². The Hall–Kier alpha value is -3.55. The summed E-state index contributed by atoms with van der Waals surface area (Å²) in [4.78, 5) is 31.6. The minimum absolute atomic E-state index is 0.0242. The number of hydrogen-bond acceptors (Lipinski definition) is 4. The number of halogens is 1. The van der Waals surface area contributed by atoms with Gasteiger partial charge in [-0.15, -0.1) is 0 Å². The van der Waals surface area contributed by atoms with Gasteiger partial charge in [0.1, 0.15) is 11.9 Å². The van der Waals surface area contributed by atoms with Crippen molar-refractivity contribution in [1.29, 1.82) is 0 Å². The van der Waals surface area contributed by atoms with Crippen molar-refractivity contribution in [3.05, 3.63) is 77.5 Å². The molecule has 3 aromatic rings. The fourth-order valence-corrected chi connectivity index (χ4v) is 4.20. The summed E-state index contributed by atoms with van der Waals surface area (Å²) in [5.74, 6) is -0.898. The molecular weight excluding hydrogens is 385 g/mol. The minimum atomic E-state index is -0.736. The summed E-state index contributed by atoms with van der Waals surface area (Å²) in [6.45, 7) is 0.349. The van der Waals surface area contributed by atoms with Gasteiger partial charge in [-0.1, -0.05) is 36.4 Å². The number of amides is 2. The number of anilines is 1. The fourth-order valence-electron chi connectivity index (χ4n) is 4.20. The van der Waals surface area contributed by atoms with E-state index in [2.05, 4.69) is 15.4 Å². The zero-order chi connectivity index (χ0) is 20.8. The summed E-state index contributed by atoms with van der Waals surface area (Å²) in [5.41, 5.74) is 1.64. The van der Waals surface area contributed by atoms with Crippen LogP contribution in [0.3, 0.4) is 0 Å². The summed E-state index contributed by atoms with van der Waals surface area (Å²) in [7, 11) is 1.65. The van der Waals surface area contributed by atoms with Crippen LogP contribution in [-0.4, -0.2) is 39.7 Å². The molecule has 0 saturated heterocycles. The van der Waals surface area contributed by atoms with Gasteiger partial charge in [-0.25, -0.2) is 9.37 Å². The molecule has 1 N–H and O–H groups in total. The molecule has 3 heterocycles. The van der Waals surface area contributed by atoms with Crippen LogP contribution >= 0.6 is 0 Å². The van der Waals surface area contributed by atoms with Gasteiger partial charge in [0.15, 0.2) is 11.5 Å². The van der Waals surface area contributed by atoms with Crippen LogP contribution in [0.1, 0.15) is 34.0 Å². The van der Waals surface area contributed by atoms with Crippen molar-refractivity contribution in [2.24, 2.45) is 5.92 Å². The number of fused-ring (bicyclic) bond motifs is 3. The Balaban J connectivity index is 1.36. The standard InChI is InChI=1S/C22H20FN5O2/c1-27-20-14(8-5-9-24-20)15-10-16(15)18(22(27)30)25-21(29)19-17(23)12-28(26-19)11-13-6-3-2-4-7-13/h2-9,12,15-16,18H,10-11H2,1H3,(H,25,29)/t15?,16-,18-/m1/s1. The van der Waals surface area contributed by atoms with Crippen LogP contribution in [-0.2, 0) is 11.3 Å². The highest BCUT2D eigenvalue weighted by atomic mass is 19.1. The third-order valence-electron chi connectivity index (χ3n) is 5.80. The van der Waals surface area contributed by atoms with E-state index in [1.807, 2.05) is 42.5 Å². The number of carbonyl (C=O) groups excluding carboxylic acids is 2. The zero-order valence-electron chi connectivity index (χ0n) is 16.3. The first-order valence-electron chi connectivity index (χ1n) is 9.83. The maximum Gasteiger partial charge on any atom is 0.275 e. The molecular formula is C22H20FN5O2. The van der Waals surface area contributed by atoms with E-state index in [0.717, 1.165) is 17.5 Å². The topological polar surface area (TPSA) is 80.1 Å². The molecule has 152 valence electrons. The molecule has 1 unspecified atom stereocenters. The van der Waals surface area contributed by atoms with Crippen molar-refractivity contribution in [1.82, 2.24) is 20.1 Å². The zero-order valence-corrected chi connectivity index (χ0v) is 16.3. The fraction of sp³-hybridized carbons (Fsp3) is 0.273. The Bertz CT molecular complexity index is 1130. The van der Waals surface area contributed by atoms with Gasteiger partial charge in [-0.2, -0.15) is 5.10 Å². The maximum atomic E-state index is 14.4. The number of rotatable bonds is 4. The molecule has 3 atom stereocenters. The SMILES string of the molecule is CN1C(=O)[C@H](NC(=O)c2nn(Cc3ccccc3)cc2F)[C@@H]2CC2c2cccnc21. The Morgan fingerprint density at radius 3 is 2.83 bits per heavy atom. The van der Waals surface area contributed by atoms with Gasteiger partial charge in [0.05, 0.1) is 12.7 Å². The molecule has 0 bridgehead atoms. The summed E-state index contributed by atoms with van der Waals surface area (Å²) >= 11 is 0. The van der Waals surface area contributed by atoms with Gasteiger partial charge in [-0.3, -0.25) is 19.2 Å². The molecule has 2 aliphatic rings. The first kappa shape index (κ1) is 18.5. The highest BCUT2D eigenvalue weighted by Gasteiger charge is 2.52. The van der Waals surface area contributed by atoms with Gasteiger partial charge >= 0.3 is 0 Å². The Morgan fingerprint density at radius 2 is 2.03 bits per heavy atom. The lowest BCUT2D eigenvalue weighted by Crippen LogP contribution is -2.48. The highest BCUT2D eigenvalue weighted by molar-refractivity contribution is 6.02. The molecule has 1 fully saturated rings. The molecule has 2 amide bonds. The molecule has 8 heteroatoms. The third-order valence-corrected chi connectivity index (χ3v) is 5.80. The highest BCUT2D eigenvalue weighted by Crippen LogP contribution is 2.53. The number of pyridine rings is 1. The first-order chi connectivity index (χ1) is 14.5.